The number of halogens is 2. The number of hydrogen-bond acceptors (Lipinski definition) is 4. The Hall–Kier alpha value is -2.47. The zero-order valence-electron chi connectivity index (χ0n) is 16.1. The highest BCUT2D eigenvalue weighted by Gasteiger charge is 2.15. The van der Waals surface area contributed by atoms with Crippen molar-refractivity contribution in [1.82, 2.24) is 9.55 Å². The van der Waals surface area contributed by atoms with Gasteiger partial charge in [0.15, 0.2) is 5.16 Å². The number of hydrogen-bond donors (Lipinski definition) is 0. The van der Waals surface area contributed by atoms with E-state index in [-0.39, 0.29) is 5.56 Å². The molecule has 0 N–H and O–H groups in total. The van der Waals surface area contributed by atoms with Gasteiger partial charge in [-0.1, -0.05) is 53.2 Å². The van der Waals surface area contributed by atoms with Gasteiger partial charge in [0, 0.05) is 15.8 Å². The normalized spacial score (nSPS) is 11.0. The molecule has 0 aliphatic heterocycles. The standard InChI is InChI=1S/C23H18Cl2N2O2S/c1-2-29-16-12-10-15(11-13-16)27-22(28)17-6-3-4-9-21(17)26-23(27)30-14-18-19(24)7-5-8-20(18)25/h3-13H,2,14H2,1H3. The van der Waals surface area contributed by atoms with Crippen molar-refractivity contribution in [2.24, 2.45) is 0 Å². The van der Waals surface area contributed by atoms with Crippen LogP contribution >= 0.6 is 35.0 Å². The molecule has 0 bridgehead atoms. The predicted octanol–water partition coefficient (Wildman–Crippen LogP) is 6.38. The van der Waals surface area contributed by atoms with E-state index in [1.54, 1.807) is 22.8 Å². The molecule has 4 nitrogen and oxygen atoms in total. The number of thioether (sulfide) groups is 1. The van der Waals surface area contributed by atoms with Gasteiger partial charge in [0.25, 0.3) is 5.56 Å². The monoisotopic (exact) mass is 456 g/mol. The van der Waals surface area contributed by atoms with Crippen molar-refractivity contribution in [1.29, 1.82) is 0 Å². The second-order valence-electron chi connectivity index (χ2n) is 6.47. The van der Waals surface area contributed by atoms with Gasteiger partial charge in [-0.15, -0.1) is 0 Å². The lowest BCUT2D eigenvalue weighted by atomic mass is 10.2. The summed E-state index contributed by atoms with van der Waals surface area (Å²) in [6, 6.07) is 20.2. The number of fused-ring (bicyclic) bond motifs is 1. The van der Waals surface area contributed by atoms with Gasteiger partial charge in [0.2, 0.25) is 0 Å². The first-order chi connectivity index (χ1) is 14.6. The summed E-state index contributed by atoms with van der Waals surface area (Å²) in [5.41, 5.74) is 2.05. The molecule has 1 aromatic heterocycles. The van der Waals surface area contributed by atoms with Crippen molar-refractivity contribution < 1.29 is 4.74 Å². The van der Waals surface area contributed by atoms with Crippen LogP contribution in [0.2, 0.25) is 10.0 Å². The minimum atomic E-state index is -0.127. The molecule has 0 unspecified atom stereocenters. The Morgan fingerprint density at radius 3 is 2.37 bits per heavy atom. The topological polar surface area (TPSA) is 44.1 Å². The van der Waals surface area contributed by atoms with Crippen LogP contribution in [0.5, 0.6) is 5.75 Å². The van der Waals surface area contributed by atoms with E-state index in [0.717, 1.165) is 17.0 Å². The first-order valence-corrected chi connectivity index (χ1v) is 11.1. The number of para-hydroxylation sites is 1. The average molecular weight is 457 g/mol. The Labute approximate surface area is 188 Å². The molecule has 152 valence electrons. The first-order valence-electron chi connectivity index (χ1n) is 9.39. The quantitative estimate of drug-likeness (QED) is 0.249. The van der Waals surface area contributed by atoms with Crippen LogP contribution in [0.15, 0.2) is 76.7 Å². The lowest BCUT2D eigenvalue weighted by Gasteiger charge is -2.14. The van der Waals surface area contributed by atoms with Crippen LogP contribution in [-0.4, -0.2) is 16.2 Å². The number of ether oxygens (including phenoxy) is 1. The fourth-order valence-electron chi connectivity index (χ4n) is 3.10. The molecular weight excluding hydrogens is 439 g/mol. The molecule has 7 heteroatoms. The number of benzene rings is 3. The van der Waals surface area contributed by atoms with Crippen molar-refractivity contribution in [3.8, 4) is 11.4 Å². The fraction of sp³-hybridized carbons (Fsp3) is 0.130. The Bertz CT molecular complexity index is 1240. The molecule has 1 heterocycles. The molecule has 0 radical (unpaired) electrons. The average Bonchev–Trinajstić information content (AvgIpc) is 2.75. The molecule has 0 spiro atoms. The van der Waals surface area contributed by atoms with E-state index in [2.05, 4.69) is 0 Å². The molecule has 0 fully saturated rings. The smallest absolute Gasteiger partial charge is 0.266 e. The van der Waals surface area contributed by atoms with Gasteiger partial charge < -0.3 is 4.74 Å². The van der Waals surface area contributed by atoms with E-state index in [4.69, 9.17) is 32.9 Å². The lowest BCUT2D eigenvalue weighted by molar-refractivity contribution is 0.340. The number of aromatic nitrogens is 2. The lowest BCUT2D eigenvalue weighted by Crippen LogP contribution is -2.21. The summed E-state index contributed by atoms with van der Waals surface area (Å²) in [5.74, 6) is 1.24. The van der Waals surface area contributed by atoms with Gasteiger partial charge in [-0.05, 0) is 61.0 Å². The Kier molecular flexibility index (Phi) is 6.32. The van der Waals surface area contributed by atoms with E-state index < -0.39 is 0 Å². The zero-order valence-corrected chi connectivity index (χ0v) is 18.5. The number of rotatable bonds is 6. The molecule has 0 saturated heterocycles. The maximum Gasteiger partial charge on any atom is 0.266 e. The second kappa shape index (κ2) is 9.13. The molecule has 0 aliphatic carbocycles. The highest BCUT2D eigenvalue weighted by molar-refractivity contribution is 7.98. The summed E-state index contributed by atoms with van der Waals surface area (Å²) >= 11 is 14.1. The Morgan fingerprint density at radius 2 is 1.67 bits per heavy atom. The van der Waals surface area contributed by atoms with E-state index >= 15 is 0 Å². The summed E-state index contributed by atoms with van der Waals surface area (Å²) < 4.78 is 7.14. The highest BCUT2D eigenvalue weighted by Crippen LogP contribution is 2.32. The maximum atomic E-state index is 13.3. The van der Waals surface area contributed by atoms with E-state index in [1.165, 1.54) is 11.8 Å². The summed E-state index contributed by atoms with van der Waals surface area (Å²) in [6.45, 7) is 2.51. The van der Waals surface area contributed by atoms with Crippen LogP contribution in [0.1, 0.15) is 12.5 Å². The second-order valence-corrected chi connectivity index (χ2v) is 8.22. The van der Waals surface area contributed by atoms with Crippen LogP contribution in [0.4, 0.5) is 0 Å². The van der Waals surface area contributed by atoms with Crippen molar-refractivity contribution in [2.45, 2.75) is 17.8 Å². The molecular formula is C23H18Cl2N2O2S. The first kappa shape index (κ1) is 20.8. The van der Waals surface area contributed by atoms with Crippen molar-refractivity contribution in [3.05, 3.63) is 92.7 Å². The van der Waals surface area contributed by atoms with Crippen LogP contribution < -0.4 is 10.3 Å². The third-order valence-corrected chi connectivity index (χ3v) is 6.23. The molecule has 0 aliphatic rings. The predicted molar refractivity (Wildman–Crippen MR) is 125 cm³/mol. The van der Waals surface area contributed by atoms with E-state index in [9.17, 15) is 4.79 Å². The van der Waals surface area contributed by atoms with Crippen LogP contribution in [0, 0.1) is 0 Å². The summed E-state index contributed by atoms with van der Waals surface area (Å²) in [4.78, 5) is 18.1. The molecule has 0 saturated carbocycles. The van der Waals surface area contributed by atoms with Gasteiger partial charge in [-0.3, -0.25) is 9.36 Å². The molecule has 30 heavy (non-hydrogen) atoms. The van der Waals surface area contributed by atoms with E-state index in [1.807, 2.05) is 55.5 Å². The molecule has 4 rings (SSSR count). The third-order valence-electron chi connectivity index (χ3n) is 4.56. The van der Waals surface area contributed by atoms with Crippen molar-refractivity contribution in [2.75, 3.05) is 6.61 Å². The molecule has 0 atom stereocenters. The fourth-order valence-corrected chi connectivity index (χ4v) is 4.86. The molecule has 3 aromatic carbocycles. The van der Waals surface area contributed by atoms with Crippen LogP contribution in [0.25, 0.3) is 16.6 Å². The summed E-state index contributed by atoms with van der Waals surface area (Å²) in [6.07, 6.45) is 0. The highest BCUT2D eigenvalue weighted by atomic mass is 35.5. The largest absolute Gasteiger partial charge is 0.494 e. The number of nitrogens with zero attached hydrogens (tertiary/aromatic N) is 2. The van der Waals surface area contributed by atoms with Crippen LogP contribution in [0.3, 0.4) is 0 Å². The minimum absolute atomic E-state index is 0.127. The maximum absolute atomic E-state index is 13.3. The summed E-state index contributed by atoms with van der Waals surface area (Å²) in [5, 5.41) is 2.31. The van der Waals surface area contributed by atoms with Crippen molar-refractivity contribution in [3.63, 3.8) is 0 Å². The Balaban J connectivity index is 1.81. The Morgan fingerprint density at radius 1 is 0.967 bits per heavy atom. The van der Waals surface area contributed by atoms with Gasteiger partial charge in [-0.25, -0.2) is 4.98 Å². The SMILES string of the molecule is CCOc1ccc(-n2c(SCc3c(Cl)cccc3Cl)nc3ccccc3c2=O)cc1. The third kappa shape index (κ3) is 4.19. The van der Waals surface area contributed by atoms with Gasteiger partial charge in [-0.2, -0.15) is 0 Å². The van der Waals surface area contributed by atoms with Gasteiger partial charge >= 0.3 is 0 Å². The van der Waals surface area contributed by atoms with Crippen LogP contribution in [-0.2, 0) is 5.75 Å². The molecule has 0 amide bonds. The van der Waals surface area contributed by atoms with Gasteiger partial charge in [0.05, 0.1) is 23.2 Å². The zero-order chi connectivity index (χ0) is 21.1. The van der Waals surface area contributed by atoms with Crippen molar-refractivity contribution >= 4 is 45.9 Å². The van der Waals surface area contributed by atoms with E-state index in [0.29, 0.717) is 38.5 Å². The van der Waals surface area contributed by atoms with Gasteiger partial charge in [0.1, 0.15) is 5.75 Å². The molecule has 4 aromatic rings. The minimum Gasteiger partial charge on any atom is -0.494 e. The summed E-state index contributed by atoms with van der Waals surface area (Å²) in [7, 11) is 0.